The van der Waals surface area contributed by atoms with E-state index in [-0.39, 0.29) is 0 Å². The Labute approximate surface area is 78.2 Å². The number of hydrogen-bond donors (Lipinski definition) is 0. The lowest BCUT2D eigenvalue weighted by Crippen LogP contribution is -1.81. The van der Waals surface area contributed by atoms with Crippen LogP contribution in [0.4, 0.5) is 0 Å². The molecule has 0 bridgehead atoms. The summed E-state index contributed by atoms with van der Waals surface area (Å²) in [5.74, 6) is 0. The zero-order valence-electron chi connectivity index (χ0n) is 7.62. The van der Waals surface area contributed by atoms with Gasteiger partial charge in [0.1, 0.15) is 0 Å². The van der Waals surface area contributed by atoms with Crippen molar-refractivity contribution in [2.45, 2.75) is 45.4 Å². The fourth-order valence-electron chi connectivity index (χ4n) is 1.20. The quantitative estimate of drug-likeness (QED) is 0.635. The van der Waals surface area contributed by atoms with Gasteiger partial charge in [0.25, 0.3) is 0 Å². The van der Waals surface area contributed by atoms with Gasteiger partial charge in [-0.2, -0.15) is 0 Å². The molecule has 0 spiro atoms. The Bertz CT molecular complexity index is 184. The van der Waals surface area contributed by atoms with Gasteiger partial charge in [0, 0.05) is 4.88 Å². The topological polar surface area (TPSA) is 25.8 Å². The highest BCUT2D eigenvalue weighted by molar-refractivity contribution is 7.05. The Kier molecular flexibility index (Phi) is 4.92. The summed E-state index contributed by atoms with van der Waals surface area (Å²) in [7, 11) is 0. The largest absolute Gasteiger partial charge is 0.146 e. The molecule has 0 radical (unpaired) electrons. The van der Waals surface area contributed by atoms with Gasteiger partial charge in [0.2, 0.25) is 0 Å². The predicted molar refractivity (Wildman–Crippen MR) is 52.4 cm³/mol. The van der Waals surface area contributed by atoms with E-state index in [0.717, 1.165) is 0 Å². The number of aromatic nitrogens is 2. The number of rotatable bonds is 6. The smallest absolute Gasteiger partial charge is 0.0653 e. The molecular weight excluding hydrogens is 168 g/mol. The maximum atomic E-state index is 3.83. The average Bonchev–Trinajstić information content (AvgIpc) is 2.57. The van der Waals surface area contributed by atoms with E-state index in [4.69, 9.17) is 0 Å². The van der Waals surface area contributed by atoms with E-state index in [9.17, 15) is 0 Å². The predicted octanol–water partition coefficient (Wildman–Crippen LogP) is 3.05. The van der Waals surface area contributed by atoms with Gasteiger partial charge in [-0.1, -0.05) is 37.1 Å². The number of hydrogen-bond acceptors (Lipinski definition) is 3. The van der Waals surface area contributed by atoms with Crippen molar-refractivity contribution in [2.75, 3.05) is 0 Å². The molecular formula is C9H16N2S. The standard InChI is InChI=1S/C9H16N2S/c1-2-3-4-5-6-7-9-8-10-11-12-9/h8H,2-7H2,1H3. The molecule has 1 aromatic rings. The lowest BCUT2D eigenvalue weighted by molar-refractivity contribution is 0.634. The van der Waals surface area contributed by atoms with E-state index in [2.05, 4.69) is 16.5 Å². The van der Waals surface area contributed by atoms with Gasteiger partial charge in [-0.25, -0.2) is 0 Å². The van der Waals surface area contributed by atoms with Gasteiger partial charge in [0.05, 0.1) is 6.20 Å². The van der Waals surface area contributed by atoms with E-state index in [1.807, 2.05) is 6.20 Å². The second-order valence-corrected chi connectivity index (χ2v) is 3.92. The minimum Gasteiger partial charge on any atom is -0.146 e. The first-order valence-corrected chi connectivity index (χ1v) is 5.47. The monoisotopic (exact) mass is 184 g/mol. The molecule has 0 saturated heterocycles. The van der Waals surface area contributed by atoms with Crippen LogP contribution in [0.1, 0.15) is 43.9 Å². The summed E-state index contributed by atoms with van der Waals surface area (Å²) in [5, 5.41) is 3.81. The third-order valence-corrected chi connectivity index (χ3v) is 2.65. The molecule has 0 aliphatic carbocycles. The number of unbranched alkanes of at least 4 members (excludes halogenated alkanes) is 4. The molecule has 3 heteroatoms. The molecule has 12 heavy (non-hydrogen) atoms. The van der Waals surface area contributed by atoms with Gasteiger partial charge in [-0.15, -0.1) is 5.10 Å². The van der Waals surface area contributed by atoms with Crippen molar-refractivity contribution in [2.24, 2.45) is 0 Å². The molecule has 68 valence electrons. The van der Waals surface area contributed by atoms with Crippen LogP contribution in [0.5, 0.6) is 0 Å². The first-order valence-electron chi connectivity index (χ1n) is 4.69. The Morgan fingerprint density at radius 1 is 1.25 bits per heavy atom. The lowest BCUT2D eigenvalue weighted by atomic mass is 10.1. The van der Waals surface area contributed by atoms with Crippen molar-refractivity contribution < 1.29 is 0 Å². The number of aryl methyl sites for hydroxylation is 1. The Morgan fingerprint density at radius 3 is 2.75 bits per heavy atom. The molecule has 0 fully saturated rings. The summed E-state index contributed by atoms with van der Waals surface area (Å²) < 4.78 is 3.83. The molecule has 2 nitrogen and oxygen atoms in total. The van der Waals surface area contributed by atoms with Crippen LogP contribution < -0.4 is 0 Å². The molecule has 0 aliphatic rings. The first-order chi connectivity index (χ1) is 5.93. The maximum Gasteiger partial charge on any atom is 0.0653 e. The summed E-state index contributed by atoms with van der Waals surface area (Å²) in [6.45, 7) is 2.24. The van der Waals surface area contributed by atoms with Gasteiger partial charge >= 0.3 is 0 Å². The van der Waals surface area contributed by atoms with Crippen LogP contribution in [0, 0.1) is 0 Å². The highest BCUT2D eigenvalue weighted by atomic mass is 32.1. The van der Waals surface area contributed by atoms with Crippen molar-refractivity contribution >= 4 is 11.5 Å². The number of nitrogens with zero attached hydrogens (tertiary/aromatic N) is 2. The van der Waals surface area contributed by atoms with Crippen LogP contribution in [-0.2, 0) is 6.42 Å². The minimum atomic E-state index is 1.17. The summed E-state index contributed by atoms with van der Waals surface area (Å²) >= 11 is 1.53. The normalized spacial score (nSPS) is 10.4. The van der Waals surface area contributed by atoms with Crippen LogP contribution in [0.3, 0.4) is 0 Å². The zero-order valence-corrected chi connectivity index (χ0v) is 8.44. The van der Waals surface area contributed by atoms with Crippen molar-refractivity contribution in [1.29, 1.82) is 0 Å². The fraction of sp³-hybridized carbons (Fsp3) is 0.778. The molecule has 0 aromatic carbocycles. The lowest BCUT2D eigenvalue weighted by Gasteiger charge is -1.96. The second kappa shape index (κ2) is 6.12. The Morgan fingerprint density at radius 2 is 2.08 bits per heavy atom. The molecule has 0 N–H and O–H groups in total. The van der Waals surface area contributed by atoms with Crippen LogP contribution in [0.15, 0.2) is 6.20 Å². The van der Waals surface area contributed by atoms with Crippen molar-refractivity contribution in [3.8, 4) is 0 Å². The highest BCUT2D eigenvalue weighted by Gasteiger charge is 1.95. The van der Waals surface area contributed by atoms with E-state index in [1.54, 1.807) is 0 Å². The zero-order chi connectivity index (χ0) is 8.65. The van der Waals surface area contributed by atoms with E-state index in [0.29, 0.717) is 0 Å². The Hall–Kier alpha value is -0.440. The van der Waals surface area contributed by atoms with Crippen LogP contribution in [-0.4, -0.2) is 9.59 Å². The highest BCUT2D eigenvalue weighted by Crippen LogP contribution is 2.09. The molecule has 0 amide bonds. The first kappa shape index (κ1) is 9.65. The van der Waals surface area contributed by atoms with Gasteiger partial charge in [0.15, 0.2) is 0 Å². The van der Waals surface area contributed by atoms with E-state index in [1.165, 1.54) is 54.9 Å². The van der Waals surface area contributed by atoms with Crippen LogP contribution >= 0.6 is 11.5 Å². The maximum absolute atomic E-state index is 3.83. The van der Waals surface area contributed by atoms with Gasteiger partial charge in [-0.05, 0) is 24.4 Å². The van der Waals surface area contributed by atoms with Gasteiger partial charge < -0.3 is 0 Å². The molecule has 0 saturated carbocycles. The third kappa shape index (κ3) is 3.81. The molecule has 1 aromatic heterocycles. The van der Waals surface area contributed by atoms with Crippen molar-refractivity contribution in [1.82, 2.24) is 9.59 Å². The third-order valence-electron chi connectivity index (χ3n) is 1.93. The molecule has 1 heterocycles. The minimum absolute atomic E-state index is 1.17. The van der Waals surface area contributed by atoms with E-state index >= 15 is 0 Å². The summed E-state index contributed by atoms with van der Waals surface area (Å²) in [4.78, 5) is 1.33. The summed E-state index contributed by atoms with van der Waals surface area (Å²) in [6.07, 6.45) is 9.77. The van der Waals surface area contributed by atoms with Crippen molar-refractivity contribution in [3.05, 3.63) is 11.1 Å². The van der Waals surface area contributed by atoms with Gasteiger partial charge in [-0.3, -0.25) is 0 Å². The molecule has 0 unspecified atom stereocenters. The van der Waals surface area contributed by atoms with E-state index < -0.39 is 0 Å². The van der Waals surface area contributed by atoms with Crippen molar-refractivity contribution in [3.63, 3.8) is 0 Å². The second-order valence-electron chi connectivity index (χ2n) is 3.05. The summed E-state index contributed by atoms with van der Waals surface area (Å²) in [6, 6.07) is 0. The average molecular weight is 184 g/mol. The summed E-state index contributed by atoms with van der Waals surface area (Å²) in [5.41, 5.74) is 0. The molecule has 0 atom stereocenters. The molecule has 1 rings (SSSR count). The fourth-order valence-corrected chi connectivity index (χ4v) is 1.73. The molecule has 0 aliphatic heterocycles. The van der Waals surface area contributed by atoms with Crippen LogP contribution in [0.25, 0.3) is 0 Å². The van der Waals surface area contributed by atoms with Crippen LogP contribution in [0.2, 0.25) is 0 Å². The Balaban J connectivity index is 1.96. The SMILES string of the molecule is CCCCCCCc1cnns1.